The van der Waals surface area contributed by atoms with Gasteiger partial charge < -0.3 is 4.72 Å². The van der Waals surface area contributed by atoms with E-state index < -0.39 is 9.39 Å². The summed E-state index contributed by atoms with van der Waals surface area (Å²) in [5.74, 6) is 8.16. The third-order valence-corrected chi connectivity index (χ3v) is 3.70. The Hall–Kier alpha value is -1.15. The van der Waals surface area contributed by atoms with Crippen LogP contribution in [0.25, 0.3) is 6.08 Å². The Bertz CT molecular complexity index is 427. The molecule has 0 spiro atoms. The Morgan fingerprint density at radius 2 is 1.92 bits per heavy atom. The van der Waals surface area contributed by atoms with Crippen molar-refractivity contribution in [1.29, 1.82) is 0 Å². The van der Waals surface area contributed by atoms with Crippen molar-refractivity contribution in [2.24, 2.45) is 0 Å². The fourth-order valence-electron chi connectivity index (χ4n) is 1.29. The molecule has 1 aromatic rings. The van der Waals surface area contributed by atoms with Crippen LogP contribution in [-0.2, 0) is 0 Å². The molecule has 12 heavy (non-hydrogen) atoms. The first-order valence-electron chi connectivity index (χ1n) is 3.72. The van der Waals surface area contributed by atoms with Crippen molar-refractivity contribution in [3.63, 3.8) is 0 Å². The summed E-state index contributed by atoms with van der Waals surface area (Å²) in [6, 6.07) is 8.23. The molecule has 0 amide bonds. The van der Waals surface area contributed by atoms with E-state index in [9.17, 15) is 0 Å². The van der Waals surface area contributed by atoms with Gasteiger partial charge >= 0.3 is 0 Å². The highest BCUT2D eigenvalue weighted by molar-refractivity contribution is 8.26. The van der Waals surface area contributed by atoms with E-state index in [2.05, 4.69) is 34.7 Å². The Labute approximate surface area is 73.3 Å². The van der Waals surface area contributed by atoms with Crippen molar-refractivity contribution >= 4 is 27.2 Å². The minimum Gasteiger partial charge on any atom is -0.344 e. The van der Waals surface area contributed by atoms with Crippen molar-refractivity contribution in [2.45, 2.75) is 4.90 Å². The molecule has 0 radical (unpaired) electrons. The molecule has 62 valence electrons. The molecule has 1 N–H and O–H groups in total. The molecule has 0 atom stereocenters. The van der Waals surface area contributed by atoms with Crippen molar-refractivity contribution in [1.82, 2.24) is 4.72 Å². The molecule has 2 rings (SSSR count). The maximum absolute atomic E-state index is 4.08. The van der Waals surface area contributed by atoms with Gasteiger partial charge in [-0.1, -0.05) is 29.9 Å². The van der Waals surface area contributed by atoms with Gasteiger partial charge in [0, 0.05) is 11.1 Å². The number of hydrogen-bond acceptors (Lipinski definition) is 1. The summed E-state index contributed by atoms with van der Waals surface area (Å²) in [7, 11) is -1.28. The zero-order valence-electron chi connectivity index (χ0n) is 6.79. The third kappa shape index (κ3) is 1.04. The van der Waals surface area contributed by atoms with Gasteiger partial charge in [-0.3, -0.25) is 0 Å². The average molecular weight is 177 g/mol. The van der Waals surface area contributed by atoms with Crippen molar-refractivity contribution in [3.05, 3.63) is 36.0 Å². The SMILES string of the molecule is C=S1(=C)NC=Cc2ccccc21. The molecule has 0 aliphatic carbocycles. The largest absolute Gasteiger partial charge is 0.344 e. The van der Waals surface area contributed by atoms with Gasteiger partial charge in [-0.15, -0.1) is 9.39 Å². The maximum atomic E-state index is 4.08. The van der Waals surface area contributed by atoms with Gasteiger partial charge in [-0.2, -0.15) is 0 Å². The van der Waals surface area contributed by atoms with E-state index in [1.54, 1.807) is 0 Å². The lowest BCUT2D eigenvalue weighted by Gasteiger charge is -2.21. The van der Waals surface area contributed by atoms with Crippen LogP contribution in [-0.4, -0.2) is 11.7 Å². The second-order valence-corrected chi connectivity index (χ2v) is 5.32. The van der Waals surface area contributed by atoms with Crippen LogP contribution in [0, 0.1) is 0 Å². The summed E-state index contributed by atoms with van der Waals surface area (Å²) in [6.45, 7) is 0. The zero-order chi connectivity index (χ0) is 8.60. The molecule has 0 saturated heterocycles. The van der Waals surface area contributed by atoms with Gasteiger partial charge in [0.15, 0.2) is 0 Å². The van der Waals surface area contributed by atoms with Crippen LogP contribution in [0.15, 0.2) is 35.4 Å². The van der Waals surface area contributed by atoms with Crippen LogP contribution >= 0.6 is 9.39 Å². The number of benzene rings is 1. The monoisotopic (exact) mass is 177 g/mol. The Balaban J connectivity index is 2.77. The van der Waals surface area contributed by atoms with E-state index in [0.29, 0.717) is 0 Å². The predicted octanol–water partition coefficient (Wildman–Crippen LogP) is 2.20. The van der Waals surface area contributed by atoms with E-state index in [1.807, 2.05) is 18.3 Å². The summed E-state index contributed by atoms with van der Waals surface area (Å²) in [5.41, 5.74) is 1.23. The van der Waals surface area contributed by atoms with Crippen molar-refractivity contribution in [2.75, 3.05) is 0 Å². The first-order valence-corrected chi connectivity index (χ1v) is 5.69. The number of nitrogens with one attached hydrogen (secondary N) is 1. The molecular formula is C10H11NS. The molecule has 1 heterocycles. The van der Waals surface area contributed by atoms with Crippen LogP contribution in [0.3, 0.4) is 0 Å². The Morgan fingerprint density at radius 1 is 1.17 bits per heavy atom. The topological polar surface area (TPSA) is 12.0 Å². The molecule has 0 unspecified atom stereocenters. The number of rotatable bonds is 0. The lowest BCUT2D eigenvalue weighted by atomic mass is 10.2. The van der Waals surface area contributed by atoms with E-state index in [-0.39, 0.29) is 0 Å². The van der Waals surface area contributed by atoms with Gasteiger partial charge in [0.05, 0.1) is 0 Å². The van der Waals surface area contributed by atoms with Crippen LogP contribution in [0.4, 0.5) is 0 Å². The van der Waals surface area contributed by atoms with Crippen LogP contribution in [0.2, 0.25) is 0 Å². The quantitative estimate of drug-likeness (QED) is 0.599. The van der Waals surface area contributed by atoms with Crippen LogP contribution < -0.4 is 4.72 Å². The summed E-state index contributed by atoms with van der Waals surface area (Å²) in [4.78, 5) is 1.23. The molecule has 0 fully saturated rings. The minimum atomic E-state index is -1.28. The van der Waals surface area contributed by atoms with E-state index >= 15 is 0 Å². The zero-order valence-corrected chi connectivity index (χ0v) is 7.60. The summed E-state index contributed by atoms with van der Waals surface area (Å²) in [5, 5.41) is 0. The van der Waals surface area contributed by atoms with Crippen LogP contribution in [0.1, 0.15) is 5.56 Å². The molecular weight excluding hydrogens is 166 g/mol. The second kappa shape index (κ2) is 2.42. The summed E-state index contributed by atoms with van der Waals surface area (Å²) in [6.07, 6.45) is 3.98. The highest BCUT2D eigenvalue weighted by Gasteiger charge is 2.06. The predicted molar refractivity (Wildman–Crippen MR) is 58.7 cm³/mol. The Kier molecular flexibility index (Phi) is 1.51. The average Bonchev–Trinajstić information content (AvgIpc) is 2.04. The highest BCUT2D eigenvalue weighted by Crippen LogP contribution is 2.34. The molecule has 0 bridgehead atoms. The summed E-state index contributed by atoms with van der Waals surface area (Å²) >= 11 is 0. The van der Waals surface area contributed by atoms with Gasteiger partial charge in [0.1, 0.15) is 0 Å². The minimum absolute atomic E-state index is 1.23. The van der Waals surface area contributed by atoms with Gasteiger partial charge in [0.25, 0.3) is 0 Å². The number of fused-ring (bicyclic) bond motifs is 1. The molecule has 1 aliphatic rings. The lowest BCUT2D eigenvalue weighted by molar-refractivity contribution is 1.31. The maximum Gasteiger partial charge on any atom is 0.0206 e. The fraction of sp³-hybridized carbons (Fsp3) is 0. The highest BCUT2D eigenvalue weighted by atomic mass is 32.2. The molecule has 0 saturated carbocycles. The normalized spacial score (nSPS) is 18.0. The van der Waals surface area contributed by atoms with E-state index in [0.717, 1.165) is 0 Å². The molecule has 1 aliphatic heterocycles. The number of hydrogen-bond donors (Lipinski definition) is 1. The lowest BCUT2D eigenvalue weighted by Crippen LogP contribution is -2.05. The molecule has 0 aromatic heterocycles. The standard InChI is InChI=1S/C10H11NS/c1-12(2)10-6-4-3-5-9(10)7-8-11-12/h3-8,11H,1-2H2. The fourth-order valence-corrected chi connectivity index (χ4v) is 2.67. The molecule has 2 heteroatoms. The smallest absolute Gasteiger partial charge is 0.0206 e. The van der Waals surface area contributed by atoms with Crippen LogP contribution in [0.5, 0.6) is 0 Å². The molecule has 1 aromatic carbocycles. The van der Waals surface area contributed by atoms with Crippen molar-refractivity contribution < 1.29 is 0 Å². The first kappa shape index (κ1) is 7.50. The van der Waals surface area contributed by atoms with Gasteiger partial charge in [0.2, 0.25) is 0 Å². The first-order chi connectivity index (χ1) is 5.70. The Morgan fingerprint density at radius 3 is 2.67 bits per heavy atom. The summed E-state index contributed by atoms with van der Waals surface area (Å²) < 4.78 is 3.20. The van der Waals surface area contributed by atoms with E-state index in [4.69, 9.17) is 0 Å². The third-order valence-electron chi connectivity index (χ3n) is 1.90. The van der Waals surface area contributed by atoms with Gasteiger partial charge in [-0.05, 0) is 17.7 Å². The molecule has 1 nitrogen and oxygen atoms in total. The van der Waals surface area contributed by atoms with Gasteiger partial charge in [-0.25, -0.2) is 0 Å². The van der Waals surface area contributed by atoms with Crippen molar-refractivity contribution in [3.8, 4) is 0 Å². The second-order valence-electron chi connectivity index (χ2n) is 2.87. The van der Waals surface area contributed by atoms with E-state index in [1.165, 1.54) is 10.5 Å².